The van der Waals surface area contributed by atoms with Crippen molar-refractivity contribution in [2.24, 2.45) is 5.92 Å². The van der Waals surface area contributed by atoms with Crippen LogP contribution in [0.5, 0.6) is 0 Å². The standard InChI is InChI=1S/C16H34N2O2/c1-7-9-13(3)11-17-14(10-8-2)12-18-15(19)20-16(4,5)6/h13-14,17H,7-12H2,1-6H3,(H,18,19). The van der Waals surface area contributed by atoms with Gasteiger partial charge in [-0.3, -0.25) is 0 Å². The molecule has 1 amide bonds. The van der Waals surface area contributed by atoms with Gasteiger partial charge in [0.2, 0.25) is 0 Å². The van der Waals surface area contributed by atoms with Gasteiger partial charge in [0.05, 0.1) is 0 Å². The number of carbonyl (C=O) groups is 1. The summed E-state index contributed by atoms with van der Waals surface area (Å²) in [6, 6.07) is 0.326. The first-order valence-electron chi connectivity index (χ1n) is 7.98. The largest absolute Gasteiger partial charge is 0.444 e. The second-order valence-electron chi connectivity index (χ2n) is 6.67. The van der Waals surface area contributed by atoms with E-state index in [0.29, 0.717) is 18.5 Å². The van der Waals surface area contributed by atoms with Crippen LogP contribution in [0.25, 0.3) is 0 Å². The van der Waals surface area contributed by atoms with E-state index in [-0.39, 0.29) is 6.09 Å². The van der Waals surface area contributed by atoms with Crippen molar-refractivity contribution >= 4 is 6.09 Å². The van der Waals surface area contributed by atoms with E-state index >= 15 is 0 Å². The van der Waals surface area contributed by atoms with E-state index in [2.05, 4.69) is 31.4 Å². The zero-order valence-corrected chi connectivity index (χ0v) is 14.2. The summed E-state index contributed by atoms with van der Waals surface area (Å²) in [4.78, 5) is 11.6. The Morgan fingerprint density at radius 3 is 2.20 bits per heavy atom. The topological polar surface area (TPSA) is 50.4 Å². The van der Waals surface area contributed by atoms with Gasteiger partial charge < -0.3 is 15.4 Å². The molecule has 0 radical (unpaired) electrons. The van der Waals surface area contributed by atoms with E-state index < -0.39 is 5.60 Å². The molecule has 0 aliphatic heterocycles. The van der Waals surface area contributed by atoms with E-state index in [1.54, 1.807) is 0 Å². The Labute approximate surface area is 125 Å². The Morgan fingerprint density at radius 1 is 1.10 bits per heavy atom. The number of carbonyl (C=O) groups excluding carboxylic acids is 1. The molecular weight excluding hydrogens is 252 g/mol. The summed E-state index contributed by atoms with van der Waals surface area (Å²) >= 11 is 0. The molecule has 0 rings (SSSR count). The smallest absolute Gasteiger partial charge is 0.407 e. The molecule has 0 saturated carbocycles. The van der Waals surface area contributed by atoms with Crippen molar-refractivity contribution in [1.82, 2.24) is 10.6 Å². The first kappa shape index (κ1) is 19.2. The maximum atomic E-state index is 11.6. The second-order valence-corrected chi connectivity index (χ2v) is 6.67. The van der Waals surface area contributed by atoms with E-state index in [4.69, 9.17) is 4.74 Å². The van der Waals surface area contributed by atoms with Crippen LogP contribution >= 0.6 is 0 Å². The molecule has 0 aromatic heterocycles. The van der Waals surface area contributed by atoms with Crippen LogP contribution in [0.3, 0.4) is 0 Å². The molecule has 0 bridgehead atoms. The predicted molar refractivity (Wildman–Crippen MR) is 85.0 cm³/mol. The van der Waals surface area contributed by atoms with E-state index in [1.165, 1.54) is 12.8 Å². The van der Waals surface area contributed by atoms with Gasteiger partial charge in [0.25, 0.3) is 0 Å². The third-order valence-corrected chi connectivity index (χ3v) is 3.07. The van der Waals surface area contributed by atoms with Gasteiger partial charge in [-0.2, -0.15) is 0 Å². The molecule has 0 aliphatic carbocycles. The van der Waals surface area contributed by atoms with Crippen LogP contribution < -0.4 is 10.6 Å². The highest BCUT2D eigenvalue weighted by Crippen LogP contribution is 2.07. The molecule has 0 spiro atoms. The maximum absolute atomic E-state index is 11.6. The fourth-order valence-corrected chi connectivity index (χ4v) is 2.11. The van der Waals surface area contributed by atoms with E-state index in [0.717, 1.165) is 19.4 Å². The Balaban J connectivity index is 4.04. The molecule has 4 heteroatoms. The minimum atomic E-state index is -0.437. The summed E-state index contributed by atoms with van der Waals surface area (Å²) in [7, 11) is 0. The van der Waals surface area contributed by atoms with Crippen LogP contribution in [0.1, 0.15) is 67.2 Å². The third kappa shape index (κ3) is 11.1. The molecule has 120 valence electrons. The summed E-state index contributed by atoms with van der Waals surface area (Å²) in [6.07, 6.45) is 4.30. The summed E-state index contributed by atoms with van der Waals surface area (Å²) < 4.78 is 5.25. The quantitative estimate of drug-likeness (QED) is 0.679. The molecule has 0 aliphatic rings. The van der Waals surface area contributed by atoms with Crippen molar-refractivity contribution in [3.63, 3.8) is 0 Å². The molecule has 2 unspecified atom stereocenters. The number of hydrogen-bond acceptors (Lipinski definition) is 3. The predicted octanol–water partition coefficient (Wildman–Crippen LogP) is 3.71. The fraction of sp³-hybridized carbons (Fsp3) is 0.938. The second kappa shape index (κ2) is 10.0. The lowest BCUT2D eigenvalue weighted by molar-refractivity contribution is 0.0521. The first-order valence-corrected chi connectivity index (χ1v) is 7.98. The molecule has 0 fully saturated rings. The molecular formula is C16H34N2O2. The van der Waals surface area contributed by atoms with Crippen LogP contribution in [0.15, 0.2) is 0 Å². The Kier molecular flexibility index (Phi) is 9.64. The number of ether oxygens (including phenoxy) is 1. The number of nitrogens with one attached hydrogen (secondary N) is 2. The third-order valence-electron chi connectivity index (χ3n) is 3.07. The lowest BCUT2D eigenvalue weighted by Crippen LogP contribution is -2.43. The van der Waals surface area contributed by atoms with Crippen LogP contribution in [-0.2, 0) is 4.74 Å². The molecule has 4 nitrogen and oxygen atoms in total. The summed E-state index contributed by atoms with van der Waals surface area (Å²) in [6.45, 7) is 13.9. The Morgan fingerprint density at radius 2 is 1.70 bits per heavy atom. The van der Waals surface area contributed by atoms with Crippen LogP contribution in [0.4, 0.5) is 4.79 Å². The summed E-state index contributed by atoms with van der Waals surface area (Å²) in [5, 5.41) is 6.41. The average Bonchev–Trinajstić information content (AvgIpc) is 2.31. The van der Waals surface area contributed by atoms with Crippen LogP contribution in [0, 0.1) is 5.92 Å². The van der Waals surface area contributed by atoms with Crippen molar-refractivity contribution in [3.05, 3.63) is 0 Å². The SMILES string of the molecule is CCCC(C)CNC(CCC)CNC(=O)OC(C)(C)C. The minimum absolute atomic E-state index is 0.326. The van der Waals surface area contributed by atoms with E-state index in [9.17, 15) is 4.79 Å². The van der Waals surface area contributed by atoms with Gasteiger partial charge in [0.1, 0.15) is 5.60 Å². The maximum Gasteiger partial charge on any atom is 0.407 e. The van der Waals surface area contributed by atoms with Gasteiger partial charge in [-0.05, 0) is 46.1 Å². The zero-order chi connectivity index (χ0) is 15.6. The van der Waals surface area contributed by atoms with Gasteiger partial charge in [-0.15, -0.1) is 0 Å². The molecule has 2 N–H and O–H groups in total. The number of hydrogen-bond donors (Lipinski definition) is 2. The van der Waals surface area contributed by atoms with Gasteiger partial charge in [-0.25, -0.2) is 4.79 Å². The Bertz CT molecular complexity index is 262. The van der Waals surface area contributed by atoms with Crippen molar-refractivity contribution in [1.29, 1.82) is 0 Å². The monoisotopic (exact) mass is 286 g/mol. The van der Waals surface area contributed by atoms with Crippen molar-refractivity contribution in [2.45, 2.75) is 78.9 Å². The molecule has 0 aromatic carbocycles. The highest BCUT2D eigenvalue weighted by atomic mass is 16.6. The minimum Gasteiger partial charge on any atom is -0.444 e. The lowest BCUT2D eigenvalue weighted by Gasteiger charge is -2.23. The van der Waals surface area contributed by atoms with Crippen LogP contribution in [-0.4, -0.2) is 30.8 Å². The molecule has 0 heterocycles. The average molecular weight is 286 g/mol. The normalized spacial score (nSPS) is 14.7. The zero-order valence-electron chi connectivity index (χ0n) is 14.2. The molecule has 20 heavy (non-hydrogen) atoms. The summed E-state index contributed by atoms with van der Waals surface area (Å²) in [5.41, 5.74) is -0.437. The summed E-state index contributed by atoms with van der Waals surface area (Å²) in [5.74, 6) is 0.681. The molecule has 2 atom stereocenters. The number of amides is 1. The first-order chi connectivity index (χ1) is 9.28. The Hall–Kier alpha value is -0.770. The van der Waals surface area contributed by atoms with E-state index in [1.807, 2.05) is 20.8 Å². The van der Waals surface area contributed by atoms with Gasteiger partial charge >= 0.3 is 6.09 Å². The fourth-order valence-electron chi connectivity index (χ4n) is 2.11. The molecule has 0 aromatic rings. The van der Waals surface area contributed by atoms with Crippen molar-refractivity contribution < 1.29 is 9.53 Å². The number of rotatable bonds is 9. The highest BCUT2D eigenvalue weighted by Gasteiger charge is 2.17. The van der Waals surface area contributed by atoms with Gasteiger partial charge in [0, 0.05) is 12.6 Å². The van der Waals surface area contributed by atoms with Crippen molar-refractivity contribution in [3.8, 4) is 0 Å². The lowest BCUT2D eigenvalue weighted by atomic mass is 10.1. The highest BCUT2D eigenvalue weighted by molar-refractivity contribution is 5.67. The van der Waals surface area contributed by atoms with Gasteiger partial charge in [0.15, 0.2) is 0 Å². The number of alkyl carbamates (subject to hydrolysis) is 1. The van der Waals surface area contributed by atoms with Crippen LogP contribution in [0.2, 0.25) is 0 Å². The van der Waals surface area contributed by atoms with Crippen molar-refractivity contribution in [2.75, 3.05) is 13.1 Å². The molecule has 0 saturated heterocycles. The van der Waals surface area contributed by atoms with Gasteiger partial charge in [-0.1, -0.05) is 33.6 Å².